The zero-order valence-corrected chi connectivity index (χ0v) is 12.2. The van der Waals surface area contributed by atoms with E-state index in [0.29, 0.717) is 35.8 Å². The Bertz CT molecular complexity index is 719. The lowest BCUT2D eigenvalue weighted by Crippen LogP contribution is -2.41. The summed E-state index contributed by atoms with van der Waals surface area (Å²) in [5.74, 6) is 0.242. The lowest BCUT2D eigenvalue weighted by Gasteiger charge is -2.10. The zero-order chi connectivity index (χ0) is 16.1. The number of pyridine rings is 1. The van der Waals surface area contributed by atoms with Gasteiger partial charge in [-0.15, -0.1) is 0 Å². The first kappa shape index (κ1) is 14.8. The summed E-state index contributed by atoms with van der Waals surface area (Å²) < 4.78 is 11.0. The largest absolute Gasteiger partial charge is 0.490 e. The summed E-state index contributed by atoms with van der Waals surface area (Å²) in [6, 6.07) is 8.12. The minimum Gasteiger partial charge on any atom is -0.490 e. The van der Waals surface area contributed by atoms with Crippen molar-refractivity contribution in [1.29, 1.82) is 0 Å². The highest BCUT2D eigenvalue weighted by atomic mass is 16.5. The van der Waals surface area contributed by atoms with Crippen LogP contribution in [0.1, 0.15) is 27.1 Å². The van der Waals surface area contributed by atoms with Gasteiger partial charge in [0.25, 0.3) is 11.8 Å². The first-order valence-corrected chi connectivity index (χ1v) is 7.14. The Morgan fingerprint density at radius 2 is 1.70 bits per heavy atom. The van der Waals surface area contributed by atoms with Gasteiger partial charge in [0, 0.05) is 24.4 Å². The number of nitrogens with zero attached hydrogens (tertiary/aromatic N) is 1. The lowest BCUT2D eigenvalue weighted by molar-refractivity contribution is 0.0846. The van der Waals surface area contributed by atoms with Gasteiger partial charge in [0.05, 0.1) is 18.8 Å². The summed E-state index contributed by atoms with van der Waals surface area (Å²) in [5.41, 5.74) is 5.41. The summed E-state index contributed by atoms with van der Waals surface area (Å²) in [5, 5.41) is 0. The fourth-order valence-electron chi connectivity index (χ4n) is 2.06. The number of benzene rings is 1. The second-order valence-electron chi connectivity index (χ2n) is 4.86. The lowest BCUT2D eigenvalue weighted by atomic mass is 10.2. The minimum absolute atomic E-state index is 0.353. The van der Waals surface area contributed by atoms with Gasteiger partial charge in [-0.1, -0.05) is 0 Å². The molecule has 0 aliphatic carbocycles. The van der Waals surface area contributed by atoms with Crippen molar-refractivity contribution in [1.82, 2.24) is 15.8 Å². The predicted octanol–water partition coefficient (Wildman–Crippen LogP) is 1.32. The highest BCUT2D eigenvalue weighted by molar-refractivity contribution is 5.99. The van der Waals surface area contributed by atoms with E-state index in [1.807, 2.05) is 0 Å². The zero-order valence-electron chi connectivity index (χ0n) is 12.2. The molecule has 7 heteroatoms. The van der Waals surface area contributed by atoms with Crippen molar-refractivity contribution in [3.8, 4) is 11.5 Å². The first-order chi connectivity index (χ1) is 11.2. The fourth-order valence-corrected chi connectivity index (χ4v) is 2.06. The van der Waals surface area contributed by atoms with E-state index in [4.69, 9.17) is 9.47 Å². The third kappa shape index (κ3) is 3.57. The van der Waals surface area contributed by atoms with Crippen molar-refractivity contribution >= 4 is 11.8 Å². The average Bonchev–Trinajstić information content (AvgIpc) is 2.84. The summed E-state index contributed by atoms with van der Waals surface area (Å²) >= 11 is 0. The number of hydrazine groups is 1. The number of rotatable bonds is 2. The summed E-state index contributed by atoms with van der Waals surface area (Å²) in [6.07, 6.45) is 3.76. The smallest absolute Gasteiger partial charge is 0.271 e. The number of aromatic nitrogens is 1. The Balaban J connectivity index is 1.64. The predicted molar refractivity (Wildman–Crippen MR) is 81.2 cm³/mol. The van der Waals surface area contributed by atoms with Crippen molar-refractivity contribution in [2.75, 3.05) is 13.2 Å². The van der Waals surface area contributed by atoms with Crippen LogP contribution in [0.5, 0.6) is 11.5 Å². The van der Waals surface area contributed by atoms with Crippen LogP contribution in [0.25, 0.3) is 0 Å². The van der Waals surface area contributed by atoms with Gasteiger partial charge in [0.15, 0.2) is 11.5 Å². The topological polar surface area (TPSA) is 89.6 Å². The Hall–Kier alpha value is -3.09. The Morgan fingerprint density at radius 1 is 0.957 bits per heavy atom. The van der Waals surface area contributed by atoms with Crippen molar-refractivity contribution in [2.45, 2.75) is 6.42 Å². The molecule has 0 saturated carbocycles. The fraction of sp³-hybridized carbons (Fsp3) is 0.188. The van der Waals surface area contributed by atoms with Gasteiger partial charge in [-0.05, 0) is 30.3 Å². The third-order valence-corrected chi connectivity index (χ3v) is 3.22. The number of carbonyl (C=O) groups is 2. The van der Waals surface area contributed by atoms with Gasteiger partial charge in [-0.3, -0.25) is 25.4 Å². The minimum atomic E-state index is -0.446. The second kappa shape index (κ2) is 6.78. The molecule has 2 N–H and O–H groups in total. The second-order valence-corrected chi connectivity index (χ2v) is 4.86. The van der Waals surface area contributed by atoms with Crippen molar-refractivity contribution in [3.63, 3.8) is 0 Å². The molecule has 2 aromatic rings. The van der Waals surface area contributed by atoms with Crippen LogP contribution in [0, 0.1) is 0 Å². The van der Waals surface area contributed by atoms with Crippen LogP contribution in [-0.2, 0) is 0 Å². The van der Waals surface area contributed by atoms with Crippen molar-refractivity contribution in [3.05, 3.63) is 53.9 Å². The molecule has 118 valence electrons. The van der Waals surface area contributed by atoms with Gasteiger partial charge >= 0.3 is 0 Å². The highest BCUT2D eigenvalue weighted by Crippen LogP contribution is 2.30. The average molecular weight is 313 g/mol. The van der Waals surface area contributed by atoms with Gasteiger partial charge in [-0.25, -0.2) is 0 Å². The number of nitrogens with one attached hydrogen (secondary N) is 2. The molecule has 23 heavy (non-hydrogen) atoms. The summed E-state index contributed by atoms with van der Waals surface area (Å²) in [7, 11) is 0. The van der Waals surface area contributed by atoms with Crippen LogP contribution in [-0.4, -0.2) is 30.0 Å². The van der Waals surface area contributed by atoms with Gasteiger partial charge in [0.2, 0.25) is 0 Å². The SMILES string of the molecule is O=C(NNC(=O)c1ccc2c(c1)OCCCO2)c1cccnc1. The summed E-state index contributed by atoms with van der Waals surface area (Å²) in [4.78, 5) is 27.8. The molecular formula is C16H15N3O4. The number of hydrogen-bond donors (Lipinski definition) is 2. The number of carbonyl (C=O) groups excluding carboxylic acids is 2. The summed E-state index contributed by atoms with van der Waals surface area (Å²) in [6.45, 7) is 1.12. The number of hydrogen-bond acceptors (Lipinski definition) is 5. The van der Waals surface area contributed by atoms with Crippen molar-refractivity contribution < 1.29 is 19.1 Å². The van der Waals surface area contributed by atoms with Crippen LogP contribution in [0.15, 0.2) is 42.7 Å². The molecule has 7 nitrogen and oxygen atoms in total. The van der Waals surface area contributed by atoms with E-state index in [9.17, 15) is 9.59 Å². The van der Waals surface area contributed by atoms with Gasteiger partial charge < -0.3 is 9.47 Å². The highest BCUT2D eigenvalue weighted by Gasteiger charge is 2.15. The molecule has 1 aromatic carbocycles. The molecule has 0 fully saturated rings. The van der Waals surface area contributed by atoms with Crippen LogP contribution in [0.2, 0.25) is 0 Å². The molecule has 1 aliphatic heterocycles. The normalized spacial score (nSPS) is 12.9. The third-order valence-electron chi connectivity index (χ3n) is 3.22. The number of ether oxygens (including phenoxy) is 2. The van der Waals surface area contributed by atoms with E-state index in [0.717, 1.165) is 6.42 Å². The van der Waals surface area contributed by atoms with Crippen LogP contribution in [0.3, 0.4) is 0 Å². The molecule has 1 aromatic heterocycles. The van der Waals surface area contributed by atoms with Gasteiger partial charge in [-0.2, -0.15) is 0 Å². The maximum Gasteiger partial charge on any atom is 0.271 e. The van der Waals surface area contributed by atoms with E-state index in [-0.39, 0.29) is 0 Å². The maximum absolute atomic E-state index is 12.1. The first-order valence-electron chi connectivity index (χ1n) is 7.14. The van der Waals surface area contributed by atoms with E-state index in [2.05, 4.69) is 15.8 Å². The molecule has 0 radical (unpaired) electrons. The van der Waals surface area contributed by atoms with E-state index in [1.54, 1.807) is 36.5 Å². The van der Waals surface area contributed by atoms with E-state index in [1.165, 1.54) is 6.20 Å². The molecule has 0 spiro atoms. The van der Waals surface area contributed by atoms with Crippen LogP contribution >= 0.6 is 0 Å². The Labute approximate surface area is 132 Å². The van der Waals surface area contributed by atoms with Gasteiger partial charge in [0.1, 0.15) is 0 Å². The quantitative estimate of drug-likeness (QED) is 0.816. The standard InChI is InChI=1S/C16H15N3O4/c20-15(18-19-16(21)12-3-1-6-17-10-12)11-4-5-13-14(9-11)23-8-2-7-22-13/h1,3-6,9-10H,2,7-8H2,(H,18,20)(H,19,21). The molecule has 0 atom stereocenters. The molecule has 0 saturated heterocycles. The molecule has 3 rings (SSSR count). The molecular weight excluding hydrogens is 298 g/mol. The van der Waals surface area contributed by atoms with E-state index < -0.39 is 11.8 Å². The Morgan fingerprint density at radius 3 is 2.43 bits per heavy atom. The molecule has 2 heterocycles. The number of fused-ring (bicyclic) bond motifs is 1. The van der Waals surface area contributed by atoms with Crippen LogP contribution < -0.4 is 20.3 Å². The van der Waals surface area contributed by atoms with Crippen molar-refractivity contribution in [2.24, 2.45) is 0 Å². The molecule has 0 bridgehead atoms. The van der Waals surface area contributed by atoms with Crippen LogP contribution in [0.4, 0.5) is 0 Å². The Kier molecular flexibility index (Phi) is 4.37. The molecule has 0 unspecified atom stereocenters. The van der Waals surface area contributed by atoms with E-state index >= 15 is 0 Å². The monoisotopic (exact) mass is 313 g/mol. The maximum atomic E-state index is 12.1. The molecule has 2 amide bonds. The molecule has 1 aliphatic rings. The number of amides is 2.